The van der Waals surface area contributed by atoms with Crippen LogP contribution < -0.4 is 4.74 Å². The van der Waals surface area contributed by atoms with Gasteiger partial charge in [-0.15, -0.1) is 0 Å². The van der Waals surface area contributed by atoms with Crippen LogP contribution in [0.25, 0.3) is 0 Å². The summed E-state index contributed by atoms with van der Waals surface area (Å²) in [6, 6.07) is 5.92. The van der Waals surface area contributed by atoms with Crippen molar-refractivity contribution in [3.63, 3.8) is 0 Å². The van der Waals surface area contributed by atoms with E-state index in [1.54, 1.807) is 12.1 Å². The van der Waals surface area contributed by atoms with Gasteiger partial charge in [0.15, 0.2) is 0 Å². The average Bonchev–Trinajstić information content (AvgIpc) is 3.23. The molecule has 0 radical (unpaired) electrons. The Morgan fingerprint density at radius 1 is 0.345 bits per heavy atom. The molecule has 0 N–H and O–H groups in total. The molecule has 0 aliphatic carbocycles. The molecule has 0 spiro atoms. The summed E-state index contributed by atoms with van der Waals surface area (Å²) in [6.45, 7) is 14.1. The van der Waals surface area contributed by atoms with Crippen molar-refractivity contribution in [2.75, 3.05) is 152 Å². The summed E-state index contributed by atoms with van der Waals surface area (Å²) in [5.41, 5.74) is 0.0270. The fraction of sp³-hybridized carbons (Fsp3) is 0.860. The first-order chi connectivity index (χ1) is 28.7. The minimum Gasteiger partial charge on any atom is -0.491 e. The van der Waals surface area contributed by atoms with E-state index in [1.807, 2.05) is 0 Å². The number of hydrogen-bond donors (Lipinski definition) is 0. The first-order valence-electron chi connectivity index (χ1n) is 22.0. The van der Waals surface area contributed by atoms with Crippen molar-refractivity contribution in [2.24, 2.45) is 0 Å². The molecule has 340 valence electrons. The maximum absolute atomic E-state index is 10.7. The largest absolute Gasteiger partial charge is 0.491 e. The van der Waals surface area contributed by atoms with Gasteiger partial charge in [0.25, 0.3) is 5.69 Å². The third-order valence-electron chi connectivity index (χ3n) is 8.66. The second-order valence-corrected chi connectivity index (χ2v) is 13.6. The number of rotatable bonds is 49. The first kappa shape index (κ1) is 54.0. The van der Waals surface area contributed by atoms with Crippen LogP contribution >= 0.6 is 0 Å². The van der Waals surface area contributed by atoms with Gasteiger partial charge >= 0.3 is 0 Å². The summed E-state index contributed by atoms with van der Waals surface area (Å²) >= 11 is 0. The minimum absolute atomic E-state index is 0.0270. The number of non-ortho nitro benzene ring substituents is 1. The average molecular weight is 834 g/mol. The maximum Gasteiger partial charge on any atom is 0.269 e. The minimum atomic E-state index is -0.449. The summed E-state index contributed by atoms with van der Waals surface area (Å²) in [5.74, 6) is 0.558. The zero-order chi connectivity index (χ0) is 41.5. The van der Waals surface area contributed by atoms with E-state index in [0.717, 1.165) is 13.0 Å². The van der Waals surface area contributed by atoms with Gasteiger partial charge in [0.05, 0.1) is 144 Å². The van der Waals surface area contributed by atoms with Crippen LogP contribution in [0.1, 0.15) is 90.4 Å². The van der Waals surface area contributed by atoms with Crippen LogP contribution in [0.3, 0.4) is 0 Å². The van der Waals surface area contributed by atoms with Crippen LogP contribution in [-0.4, -0.2) is 157 Å². The molecule has 0 saturated carbocycles. The van der Waals surface area contributed by atoms with E-state index < -0.39 is 4.92 Å². The van der Waals surface area contributed by atoms with Crippen LogP contribution in [0.4, 0.5) is 5.69 Å². The number of nitro benzene ring substituents is 1. The Kier molecular flexibility index (Phi) is 42.9. The Hall–Kier alpha value is -2.02. The van der Waals surface area contributed by atoms with Gasteiger partial charge in [0.1, 0.15) is 12.4 Å². The fourth-order valence-electron chi connectivity index (χ4n) is 5.41. The van der Waals surface area contributed by atoms with Crippen molar-refractivity contribution < 1.29 is 61.8 Å². The smallest absolute Gasteiger partial charge is 0.269 e. The predicted molar refractivity (Wildman–Crippen MR) is 223 cm³/mol. The van der Waals surface area contributed by atoms with Gasteiger partial charge in [0, 0.05) is 18.7 Å². The third kappa shape index (κ3) is 40.7. The zero-order valence-corrected chi connectivity index (χ0v) is 35.9. The van der Waals surface area contributed by atoms with Crippen LogP contribution in [0.2, 0.25) is 0 Å². The Balaban J connectivity index is 1.62. The summed E-state index contributed by atoms with van der Waals surface area (Å²) in [4.78, 5) is 10.2. The number of benzene rings is 1. The number of ether oxygens (including phenoxy) is 12. The highest BCUT2D eigenvalue weighted by Crippen LogP contribution is 2.17. The lowest BCUT2D eigenvalue weighted by atomic mass is 10.0. The SMILES string of the molecule is CCCCCCCCCCCCCCCOCCOCCOCCOCCOCCOCCOCCOCCOCCOCCOCCOc1ccc([N+](=O)[O-])cc1. The number of nitro groups is 1. The molecule has 15 heteroatoms. The lowest BCUT2D eigenvalue weighted by Crippen LogP contribution is -2.15. The van der Waals surface area contributed by atoms with Gasteiger partial charge in [-0.05, 0) is 18.6 Å². The van der Waals surface area contributed by atoms with E-state index in [0.29, 0.717) is 151 Å². The van der Waals surface area contributed by atoms with Crippen molar-refractivity contribution >= 4 is 5.69 Å². The molecule has 1 aromatic carbocycles. The van der Waals surface area contributed by atoms with E-state index in [1.165, 1.54) is 89.2 Å². The Labute approximate surface area is 349 Å². The molecule has 0 saturated heterocycles. The predicted octanol–water partition coefficient (Wildman–Crippen LogP) is 7.25. The molecular formula is C43H79NO14. The molecule has 1 aromatic rings. The van der Waals surface area contributed by atoms with Gasteiger partial charge in [-0.2, -0.15) is 0 Å². The Morgan fingerprint density at radius 3 is 0.862 bits per heavy atom. The molecule has 0 unspecified atom stereocenters. The second kappa shape index (κ2) is 46.1. The summed E-state index contributed by atoms with van der Waals surface area (Å²) in [5, 5.41) is 10.7. The van der Waals surface area contributed by atoms with Crippen LogP contribution in [0.5, 0.6) is 5.75 Å². The van der Waals surface area contributed by atoms with Crippen molar-refractivity contribution in [2.45, 2.75) is 90.4 Å². The number of nitrogens with zero attached hydrogens (tertiary/aromatic N) is 1. The molecule has 0 aromatic heterocycles. The van der Waals surface area contributed by atoms with Gasteiger partial charge in [-0.25, -0.2) is 0 Å². The monoisotopic (exact) mass is 834 g/mol. The standard InChI is InChI=1S/C43H79NO14/c1-2-3-4-5-6-7-8-9-10-11-12-13-14-19-47-20-21-48-22-23-49-24-25-50-26-27-51-28-29-52-30-31-53-32-33-54-34-35-55-36-37-56-38-39-57-40-41-58-43-17-15-42(16-18-43)44(45)46/h15-18H,2-14,19-41H2,1H3. The lowest BCUT2D eigenvalue weighted by Gasteiger charge is -2.09. The van der Waals surface area contributed by atoms with E-state index >= 15 is 0 Å². The van der Waals surface area contributed by atoms with Gasteiger partial charge < -0.3 is 56.8 Å². The Bertz CT molecular complexity index is 962. The molecule has 58 heavy (non-hydrogen) atoms. The van der Waals surface area contributed by atoms with Crippen LogP contribution in [-0.2, 0) is 52.1 Å². The number of hydrogen-bond acceptors (Lipinski definition) is 14. The molecule has 0 fully saturated rings. The van der Waals surface area contributed by atoms with Crippen molar-refractivity contribution in [3.05, 3.63) is 34.4 Å². The van der Waals surface area contributed by atoms with Crippen LogP contribution in [0.15, 0.2) is 24.3 Å². The quantitative estimate of drug-likeness (QED) is 0.0368. The normalized spacial score (nSPS) is 11.5. The molecule has 1 rings (SSSR count). The summed E-state index contributed by atoms with van der Waals surface area (Å²) < 4.78 is 66.2. The third-order valence-corrected chi connectivity index (χ3v) is 8.66. The Morgan fingerprint density at radius 2 is 0.586 bits per heavy atom. The summed E-state index contributed by atoms with van der Waals surface area (Å²) in [6.07, 6.45) is 17.7. The number of unbranched alkanes of at least 4 members (excludes halogenated alkanes) is 12. The first-order valence-corrected chi connectivity index (χ1v) is 22.0. The summed E-state index contributed by atoms with van der Waals surface area (Å²) in [7, 11) is 0. The van der Waals surface area contributed by atoms with Crippen molar-refractivity contribution in [1.82, 2.24) is 0 Å². The van der Waals surface area contributed by atoms with E-state index in [-0.39, 0.29) is 5.69 Å². The topological polar surface area (TPSA) is 154 Å². The second-order valence-electron chi connectivity index (χ2n) is 13.6. The molecule has 0 atom stereocenters. The molecule has 0 aliphatic rings. The van der Waals surface area contributed by atoms with E-state index in [2.05, 4.69) is 6.92 Å². The zero-order valence-electron chi connectivity index (χ0n) is 35.9. The van der Waals surface area contributed by atoms with E-state index in [9.17, 15) is 10.1 Å². The fourth-order valence-corrected chi connectivity index (χ4v) is 5.41. The molecular weight excluding hydrogens is 754 g/mol. The van der Waals surface area contributed by atoms with Crippen molar-refractivity contribution in [1.29, 1.82) is 0 Å². The highest BCUT2D eigenvalue weighted by Gasteiger charge is 2.04. The van der Waals surface area contributed by atoms with Crippen LogP contribution in [0, 0.1) is 10.1 Å². The highest BCUT2D eigenvalue weighted by atomic mass is 16.6. The maximum atomic E-state index is 10.7. The van der Waals surface area contributed by atoms with Gasteiger partial charge in [-0.1, -0.05) is 84.0 Å². The molecule has 0 aliphatic heterocycles. The highest BCUT2D eigenvalue weighted by molar-refractivity contribution is 5.35. The molecule has 0 bridgehead atoms. The molecule has 15 nitrogen and oxygen atoms in total. The van der Waals surface area contributed by atoms with E-state index in [4.69, 9.17) is 56.8 Å². The molecule has 0 amide bonds. The van der Waals surface area contributed by atoms with Crippen molar-refractivity contribution in [3.8, 4) is 5.75 Å². The van der Waals surface area contributed by atoms with Gasteiger partial charge in [0.2, 0.25) is 0 Å². The lowest BCUT2D eigenvalue weighted by molar-refractivity contribution is -0.384. The molecule has 0 heterocycles. The van der Waals surface area contributed by atoms with Gasteiger partial charge in [-0.3, -0.25) is 10.1 Å².